The largest absolute Gasteiger partial charge is 0.478 e. The molecule has 1 aliphatic rings. The van der Waals surface area contributed by atoms with Crippen molar-refractivity contribution >= 4 is 23.3 Å². The van der Waals surface area contributed by atoms with Crippen LogP contribution in [0.3, 0.4) is 0 Å². The van der Waals surface area contributed by atoms with Crippen molar-refractivity contribution in [3.05, 3.63) is 107 Å². The van der Waals surface area contributed by atoms with Crippen LogP contribution in [0.2, 0.25) is 0 Å². The van der Waals surface area contributed by atoms with Crippen LogP contribution in [-0.2, 0) is 6.54 Å². The van der Waals surface area contributed by atoms with E-state index in [1.807, 2.05) is 0 Å². The fourth-order valence-electron chi connectivity index (χ4n) is 3.72. The molecule has 0 bridgehead atoms. The predicted molar refractivity (Wildman–Crippen MR) is 127 cm³/mol. The second-order valence-electron chi connectivity index (χ2n) is 7.38. The number of nitrogens with one attached hydrogen (secondary N) is 1. The predicted octanol–water partition coefficient (Wildman–Crippen LogP) is 5.85. The number of aromatic carboxylic acids is 1. The van der Waals surface area contributed by atoms with E-state index in [-0.39, 0.29) is 36.6 Å². The first-order valence-electron chi connectivity index (χ1n) is 10.1. The van der Waals surface area contributed by atoms with E-state index in [9.17, 15) is 9.18 Å². The molecule has 34 heavy (non-hydrogen) atoms. The fourth-order valence-corrected chi connectivity index (χ4v) is 3.72. The van der Waals surface area contributed by atoms with Crippen LogP contribution in [0.15, 0.2) is 77.9 Å². The smallest absolute Gasteiger partial charge is 0.335 e. The van der Waals surface area contributed by atoms with E-state index in [2.05, 4.69) is 20.3 Å². The molecule has 170 valence electrons. The highest BCUT2D eigenvalue weighted by Gasteiger charge is 2.25. The lowest BCUT2D eigenvalue weighted by Crippen LogP contribution is -2.08. The minimum absolute atomic E-state index is 0. The van der Waals surface area contributed by atoms with Crippen molar-refractivity contribution in [3.8, 4) is 11.3 Å². The average molecular weight is 458 g/mol. The van der Waals surface area contributed by atoms with Crippen LogP contribution in [0.1, 0.15) is 34.5 Å². The number of rotatable bonds is 4. The van der Waals surface area contributed by atoms with Crippen LogP contribution in [0, 0.1) is 11.6 Å². The summed E-state index contributed by atoms with van der Waals surface area (Å²) in [5.41, 5.74) is 2.97. The summed E-state index contributed by atoms with van der Waals surface area (Å²) in [5, 5.41) is 12.1. The van der Waals surface area contributed by atoms with Gasteiger partial charge in [0.25, 0.3) is 0 Å². The second-order valence-corrected chi connectivity index (χ2v) is 7.38. The molecule has 6 nitrogen and oxygen atoms in total. The third-order valence-corrected chi connectivity index (χ3v) is 5.29. The van der Waals surface area contributed by atoms with E-state index in [1.54, 1.807) is 48.7 Å². The van der Waals surface area contributed by atoms with Crippen molar-refractivity contribution in [2.45, 2.75) is 14.0 Å². The van der Waals surface area contributed by atoms with E-state index in [4.69, 9.17) is 5.11 Å². The molecule has 1 aliphatic heterocycles. The lowest BCUT2D eigenvalue weighted by Gasteiger charge is -2.13. The Morgan fingerprint density at radius 2 is 1.62 bits per heavy atom. The minimum atomic E-state index is -1.03. The molecule has 4 aromatic rings. The summed E-state index contributed by atoms with van der Waals surface area (Å²) in [6.07, 6.45) is 1.56. The summed E-state index contributed by atoms with van der Waals surface area (Å²) in [4.78, 5) is 24.5. The maximum Gasteiger partial charge on any atom is 0.335 e. The zero-order valence-electron chi connectivity index (χ0n) is 17.1. The van der Waals surface area contributed by atoms with Gasteiger partial charge in [-0.15, -0.1) is 0 Å². The molecule has 1 aromatic heterocycles. The van der Waals surface area contributed by atoms with Gasteiger partial charge in [-0.25, -0.2) is 23.5 Å². The molecular formula is C26H20F2N4O2. The van der Waals surface area contributed by atoms with Crippen LogP contribution >= 0.6 is 0 Å². The third-order valence-electron chi connectivity index (χ3n) is 5.29. The van der Waals surface area contributed by atoms with Gasteiger partial charge in [0.15, 0.2) is 0 Å². The number of halogens is 2. The topological polar surface area (TPSA) is 87.5 Å². The molecule has 0 spiro atoms. The molecule has 5 rings (SSSR count). The Morgan fingerprint density at radius 3 is 2.35 bits per heavy atom. The number of hydrogen-bond donors (Lipinski definition) is 2. The first kappa shape index (κ1) is 22.7. The number of anilines is 2. The Morgan fingerprint density at radius 1 is 0.912 bits per heavy atom. The molecule has 0 unspecified atom stereocenters. The van der Waals surface area contributed by atoms with Crippen molar-refractivity contribution in [3.63, 3.8) is 0 Å². The standard InChI is InChI=1S/C25H16F2N4O2.CH4/c26-19-6-2-1-4-17(19)23-18-5-3-7-20(27)21(18)22-15(12-28-23)13-29-25(31-22)30-16-10-8-14(9-11-16)24(32)33;/h1-11,13H,12H2,(H,32,33)(H,29,30,31);1H4. The number of carboxylic acids is 1. The summed E-state index contributed by atoms with van der Waals surface area (Å²) in [7, 11) is 0. The number of carboxylic acid groups (broad SMARTS) is 1. The fraction of sp³-hybridized carbons (Fsp3) is 0.0769. The van der Waals surface area contributed by atoms with Crippen molar-refractivity contribution in [2.24, 2.45) is 4.99 Å². The van der Waals surface area contributed by atoms with Crippen molar-refractivity contribution in [2.75, 3.05) is 5.32 Å². The first-order valence-corrected chi connectivity index (χ1v) is 10.1. The van der Waals surface area contributed by atoms with E-state index in [1.165, 1.54) is 24.3 Å². The number of hydrogen-bond acceptors (Lipinski definition) is 5. The molecule has 0 saturated carbocycles. The van der Waals surface area contributed by atoms with Crippen molar-refractivity contribution in [1.82, 2.24) is 9.97 Å². The molecule has 2 heterocycles. The van der Waals surface area contributed by atoms with Crippen molar-refractivity contribution < 1.29 is 18.7 Å². The SMILES string of the molecule is C.O=C(O)c1ccc(Nc2ncc3c(n2)-c2c(F)cccc2C(c2ccccc2F)=NC3)cc1. The molecule has 2 N–H and O–H groups in total. The van der Waals surface area contributed by atoms with Crippen LogP contribution in [0.4, 0.5) is 20.4 Å². The zero-order valence-corrected chi connectivity index (χ0v) is 17.1. The molecule has 3 aromatic carbocycles. The summed E-state index contributed by atoms with van der Waals surface area (Å²) < 4.78 is 29.7. The Labute approximate surface area is 194 Å². The molecule has 0 atom stereocenters. The number of carbonyl (C=O) groups is 1. The van der Waals surface area contributed by atoms with Gasteiger partial charge in [0.1, 0.15) is 11.6 Å². The third kappa shape index (κ3) is 4.13. The van der Waals surface area contributed by atoms with Gasteiger partial charge in [0.05, 0.1) is 23.5 Å². The lowest BCUT2D eigenvalue weighted by atomic mass is 9.94. The molecule has 0 fully saturated rings. The van der Waals surface area contributed by atoms with Gasteiger partial charge in [0, 0.05) is 34.1 Å². The Balaban J connectivity index is 0.00000274. The molecule has 0 radical (unpaired) electrons. The Kier molecular flexibility index (Phi) is 6.14. The van der Waals surface area contributed by atoms with Crippen LogP contribution < -0.4 is 5.32 Å². The summed E-state index contributed by atoms with van der Waals surface area (Å²) in [6, 6.07) is 16.9. The molecule has 0 amide bonds. The Hall–Kier alpha value is -4.46. The molecule has 0 saturated heterocycles. The summed E-state index contributed by atoms with van der Waals surface area (Å²) in [6.45, 7) is 0.153. The number of fused-ring (bicyclic) bond motifs is 3. The number of nitrogens with zero attached hydrogens (tertiary/aromatic N) is 3. The van der Waals surface area contributed by atoms with Crippen LogP contribution in [-0.4, -0.2) is 26.8 Å². The zero-order chi connectivity index (χ0) is 22.9. The Bertz CT molecular complexity index is 1420. The maximum atomic E-state index is 15.1. The average Bonchev–Trinajstić information content (AvgIpc) is 2.97. The van der Waals surface area contributed by atoms with Crippen molar-refractivity contribution in [1.29, 1.82) is 0 Å². The number of aromatic nitrogens is 2. The van der Waals surface area contributed by atoms with E-state index >= 15 is 4.39 Å². The van der Waals surface area contributed by atoms with Gasteiger partial charge >= 0.3 is 5.97 Å². The molecular weight excluding hydrogens is 438 g/mol. The van der Waals surface area contributed by atoms with Gasteiger partial charge in [-0.2, -0.15) is 0 Å². The number of aliphatic imine (C=N–C) groups is 1. The van der Waals surface area contributed by atoms with E-state index in [0.29, 0.717) is 28.2 Å². The maximum absolute atomic E-state index is 15.1. The highest BCUT2D eigenvalue weighted by Crippen LogP contribution is 2.34. The van der Waals surface area contributed by atoms with Gasteiger partial charge in [-0.3, -0.25) is 4.99 Å². The van der Waals surface area contributed by atoms with Crippen LogP contribution in [0.25, 0.3) is 11.3 Å². The summed E-state index contributed by atoms with van der Waals surface area (Å²) in [5.74, 6) is -1.77. The van der Waals surface area contributed by atoms with Gasteiger partial charge in [-0.05, 0) is 42.5 Å². The quantitative estimate of drug-likeness (QED) is 0.401. The molecule has 8 heteroatoms. The second kappa shape index (κ2) is 9.19. The lowest BCUT2D eigenvalue weighted by molar-refractivity contribution is 0.0697. The monoisotopic (exact) mass is 458 g/mol. The highest BCUT2D eigenvalue weighted by molar-refractivity contribution is 6.17. The number of benzene rings is 3. The van der Waals surface area contributed by atoms with Gasteiger partial charge < -0.3 is 10.4 Å². The first-order chi connectivity index (χ1) is 16.0. The van der Waals surface area contributed by atoms with E-state index in [0.717, 1.165) is 0 Å². The highest BCUT2D eigenvalue weighted by atomic mass is 19.1. The van der Waals surface area contributed by atoms with Crippen LogP contribution in [0.5, 0.6) is 0 Å². The van der Waals surface area contributed by atoms with E-state index < -0.39 is 17.6 Å². The van der Waals surface area contributed by atoms with Gasteiger partial charge in [-0.1, -0.05) is 31.7 Å². The van der Waals surface area contributed by atoms with Gasteiger partial charge in [0.2, 0.25) is 5.95 Å². The summed E-state index contributed by atoms with van der Waals surface area (Å²) >= 11 is 0. The minimum Gasteiger partial charge on any atom is -0.478 e. The normalized spacial score (nSPS) is 11.9. The molecule has 0 aliphatic carbocycles.